The first kappa shape index (κ1) is 15.0. The second-order valence-electron chi connectivity index (χ2n) is 3.66. The predicted octanol–water partition coefficient (Wildman–Crippen LogP) is 6.00. The summed E-state index contributed by atoms with van der Waals surface area (Å²) in [4.78, 5) is 1.24. The van der Waals surface area contributed by atoms with E-state index in [2.05, 4.69) is 59.2 Å². The van der Waals surface area contributed by atoms with Crippen LogP contribution in [0.2, 0.25) is 5.02 Å². The Labute approximate surface area is 140 Å². The number of hydrogen-bond acceptors (Lipinski definition) is 2. The van der Waals surface area contributed by atoms with Gasteiger partial charge in [0.05, 0.1) is 9.83 Å². The van der Waals surface area contributed by atoms with Crippen LogP contribution < -0.4 is 5.32 Å². The van der Waals surface area contributed by atoms with Crippen molar-refractivity contribution >= 4 is 70.7 Å². The molecule has 1 aromatic carbocycles. The van der Waals surface area contributed by atoms with Gasteiger partial charge in [0.1, 0.15) is 0 Å². The molecule has 96 valence electrons. The summed E-state index contributed by atoms with van der Waals surface area (Å²) in [5, 5.41) is 4.06. The Morgan fingerprint density at radius 1 is 1.17 bits per heavy atom. The molecule has 2 aromatic rings. The minimum atomic E-state index is 0.143. The van der Waals surface area contributed by atoms with Gasteiger partial charge in [0.15, 0.2) is 0 Å². The summed E-state index contributed by atoms with van der Waals surface area (Å²) < 4.78 is 3.19. The average Bonchev–Trinajstić information content (AvgIpc) is 2.63. The highest BCUT2D eigenvalue weighted by molar-refractivity contribution is 9.13. The number of hydrogen-bond donors (Lipinski definition) is 1. The number of rotatable bonds is 3. The fourth-order valence-corrected chi connectivity index (χ4v) is 4.82. The van der Waals surface area contributed by atoms with Crippen LogP contribution in [-0.4, -0.2) is 7.05 Å². The zero-order chi connectivity index (χ0) is 13.3. The van der Waals surface area contributed by atoms with E-state index >= 15 is 0 Å². The summed E-state index contributed by atoms with van der Waals surface area (Å²) in [7, 11) is 1.95. The van der Waals surface area contributed by atoms with Crippen molar-refractivity contribution in [2.75, 3.05) is 7.05 Å². The van der Waals surface area contributed by atoms with Crippen LogP contribution in [0.4, 0.5) is 0 Å². The van der Waals surface area contributed by atoms with Crippen molar-refractivity contribution < 1.29 is 0 Å². The van der Waals surface area contributed by atoms with Gasteiger partial charge in [0.2, 0.25) is 0 Å². The predicted molar refractivity (Wildman–Crippen MR) is 89.8 cm³/mol. The maximum absolute atomic E-state index is 5.98. The zero-order valence-corrected chi connectivity index (χ0v) is 15.6. The maximum atomic E-state index is 5.98. The molecule has 1 N–H and O–H groups in total. The molecule has 1 atom stereocenters. The molecule has 0 radical (unpaired) electrons. The molecular formula is C12H9Br3ClNS. The quantitative estimate of drug-likeness (QED) is 0.576. The van der Waals surface area contributed by atoms with Crippen molar-refractivity contribution in [1.82, 2.24) is 5.32 Å². The fraction of sp³-hybridized carbons (Fsp3) is 0.167. The molecule has 1 heterocycles. The van der Waals surface area contributed by atoms with E-state index in [-0.39, 0.29) is 6.04 Å². The monoisotopic (exact) mass is 471 g/mol. The second kappa shape index (κ2) is 6.37. The number of nitrogens with one attached hydrogen (secondary N) is 1. The Morgan fingerprint density at radius 3 is 2.39 bits per heavy atom. The molecule has 0 saturated heterocycles. The second-order valence-corrected chi connectivity index (χ2v) is 8.20. The van der Waals surface area contributed by atoms with Gasteiger partial charge in [-0.25, -0.2) is 0 Å². The van der Waals surface area contributed by atoms with E-state index in [4.69, 9.17) is 11.6 Å². The molecule has 18 heavy (non-hydrogen) atoms. The van der Waals surface area contributed by atoms with Gasteiger partial charge in [-0.3, -0.25) is 0 Å². The molecule has 0 saturated carbocycles. The highest BCUT2D eigenvalue weighted by Crippen LogP contribution is 2.39. The third-order valence-electron chi connectivity index (χ3n) is 2.51. The van der Waals surface area contributed by atoms with E-state index in [9.17, 15) is 0 Å². The van der Waals surface area contributed by atoms with E-state index in [1.165, 1.54) is 10.4 Å². The van der Waals surface area contributed by atoms with E-state index in [0.29, 0.717) is 0 Å². The lowest BCUT2D eigenvalue weighted by molar-refractivity contribution is 0.701. The first-order valence-electron chi connectivity index (χ1n) is 5.10. The lowest BCUT2D eigenvalue weighted by atomic mass is 10.1. The first-order valence-corrected chi connectivity index (χ1v) is 8.67. The average molecular weight is 474 g/mol. The Hall–Kier alpha value is 0.610. The molecule has 1 unspecified atom stereocenters. The third kappa shape index (κ3) is 3.19. The van der Waals surface area contributed by atoms with Crippen LogP contribution >= 0.6 is 70.7 Å². The van der Waals surface area contributed by atoms with Crippen LogP contribution in [0.3, 0.4) is 0 Å². The summed E-state index contributed by atoms with van der Waals surface area (Å²) in [5.74, 6) is 0. The largest absolute Gasteiger partial charge is 0.309 e. The van der Waals surface area contributed by atoms with Gasteiger partial charge in [0.25, 0.3) is 0 Å². The number of benzene rings is 1. The lowest BCUT2D eigenvalue weighted by Gasteiger charge is -2.16. The van der Waals surface area contributed by atoms with E-state index < -0.39 is 0 Å². The molecule has 0 aliphatic heterocycles. The van der Waals surface area contributed by atoms with Crippen molar-refractivity contribution in [3.05, 3.63) is 52.5 Å². The number of thiophene rings is 1. The van der Waals surface area contributed by atoms with Gasteiger partial charge in [-0.2, -0.15) is 0 Å². The molecular weight excluding hydrogens is 465 g/mol. The summed E-state index contributed by atoms with van der Waals surface area (Å²) in [6, 6.07) is 8.12. The molecule has 0 fully saturated rings. The Bertz CT molecular complexity index is 551. The van der Waals surface area contributed by atoms with Crippen LogP contribution in [0.25, 0.3) is 0 Å². The first-order chi connectivity index (χ1) is 8.52. The molecule has 0 aliphatic carbocycles. The topological polar surface area (TPSA) is 12.0 Å². The normalized spacial score (nSPS) is 12.7. The van der Waals surface area contributed by atoms with Gasteiger partial charge in [-0.15, -0.1) is 11.3 Å². The zero-order valence-electron chi connectivity index (χ0n) is 9.31. The van der Waals surface area contributed by atoms with Crippen LogP contribution in [0.5, 0.6) is 0 Å². The molecule has 6 heteroatoms. The molecule has 0 aliphatic rings. The van der Waals surface area contributed by atoms with Gasteiger partial charge >= 0.3 is 0 Å². The van der Waals surface area contributed by atoms with Crippen molar-refractivity contribution in [1.29, 1.82) is 0 Å². The summed E-state index contributed by atoms with van der Waals surface area (Å²) in [6.07, 6.45) is 0. The SMILES string of the molecule is CNC(c1cc(Br)c(Br)s1)c1ccc(Cl)cc1Br. The Morgan fingerprint density at radius 2 is 1.89 bits per heavy atom. The van der Waals surface area contributed by atoms with Crippen LogP contribution in [0, 0.1) is 0 Å². The van der Waals surface area contributed by atoms with E-state index in [1.54, 1.807) is 11.3 Å². The molecule has 0 bridgehead atoms. The van der Waals surface area contributed by atoms with E-state index in [1.807, 2.05) is 25.2 Å². The molecule has 1 nitrogen and oxygen atoms in total. The van der Waals surface area contributed by atoms with Crippen molar-refractivity contribution in [2.24, 2.45) is 0 Å². The van der Waals surface area contributed by atoms with Gasteiger partial charge < -0.3 is 5.32 Å². The minimum absolute atomic E-state index is 0.143. The molecule has 0 amide bonds. The minimum Gasteiger partial charge on any atom is -0.309 e. The lowest BCUT2D eigenvalue weighted by Crippen LogP contribution is -2.16. The van der Waals surface area contributed by atoms with Gasteiger partial charge in [-0.1, -0.05) is 33.6 Å². The van der Waals surface area contributed by atoms with Crippen molar-refractivity contribution in [3.8, 4) is 0 Å². The standard InChI is InChI=1S/C12H9Br3ClNS/c1-17-11(10-5-9(14)12(15)18-10)7-3-2-6(16)4-8(7)13/h2-5,11,17H,1H3. The van der Waals surface area contributed by atoms with Crippen LogP contribution in [0.1, 0.15) is 16.5 Å². The highest BCUT2D eigenvalue weighted by atomic mass is 79.9. The van der Waals surface area contributed by atoms with E-state index in [0.717, 1.165) is 17.8 Å². The number of halogens is 4. The summed E-state index contributed by atoms with van der Waals surface area (Å²) >= 11 is 18.3. The molecule has 2 rings (SSSR count). The van der Waals surface area contributed by atoms with Crippen LogP contribution in [-0.2, 0) is 0 Å². The van der Waals surface area contributed by atoms with Crippen molar-refractivity contribution in [2.45, 2.75) is 6.04 Å². The highest BCUT2D eigenvalue weighted by Gasteiger charge is 2.18. The van der Waals surface area contributed by atoms with Crippen molar-refractivity contribution in [3.63, 3.8) is 0 Å². The van der Waals surface area contributed by atoms with Gasteiger partial charge in [-0.05, 0) is 62.7 Å². The molecule has 1 aromatic heterocycles. The smallest absolute Gasteiger partial charge is 0.0843 e. The Balaban J connectivity index is 2.45. The fourth-order valence-electron chi connectivity index (χ4n) is 1.69. The maximum Gasteiger partial charge on any atom is 0.0843 e. The summed E-state index contributed by atoms with van der Waals surface area (Å²) in [6.45, 7) is 0. The molecule has 0 spiro atoms. The third-order valence-corrected chi connectivity index (χ3v) is 6.75. The summed E-state index contributed by atoms with van der Waals surface area (Å²) in [5.41, 5.74) is 1.17. The Kier molecular flexibility index (Phi) is 5.31. The van der Waals surface area contributed by atoms with Crippen LogP contribution in [0.15, 0.2) is 37.0 Å². The van der Waals surface area contributed by atoms with Gasteiger partial charge in [0, 0.05) is 18.8 Å².